The van der Waals surface area contributed by atoms with Gasteiger partial charge in [-0.05, 0) is 55.3 Å². The van der Waals surface area contributed by atoms with Crippen LogP contribution in [0.4, 0.5) is 0 Å². The summed E-state index contributed by atoms with van der Waals surface area (Å²) in [5.74, 6) is -0.141. The smallest absolute Gasteiger partial charge is 0.253 e. The first-order chi connectivity index (χ1) is 13.2. The lowest BCUT2D eigenvalue weighted by atomic mass is 10.2. The zero-order chi connectivity index (χ0) is 20.5. The van der Waals surface area contributed by atoms with Gasteiger partial charge in [0, 0.05) is 53.7 Å². The Morgan fingerprint density at radius 2 is 1.57 bits per heavy atom. The van der Waals surface area contributed by atoms with E-state index in [1.165, 1.54) is 4.31 Å². The number of hydrogen-bond acceptors (Lipinski definition) is 4. The average Bonchev–Trinajstić information content (AvgIpc) is 2.69. The van der Waals surface area contributed by atoms with Gasteiger partial charge in [-0.25, -0.2) is 8.42 Å². The maximum Gasteiger partial charge on any atom is 0.253 e. The first-order valence-corrected chi connectivity index (χ1v) is 12.0. The third kappa shape index (κ3) is 4.19. The molecule has 0 N–H and O–H groups in total. The Kier molecular flexibility index (Phi) is 6.02. The van der Waals surface area contributed by atoms with Gasteiger partial charge in [-0.3, -0.25) is 9.00 Å². The van der Waals surface area contributed by atoms with Crippen molar-refractivity contribution >= 4 is 26.7 Å². The molecular formula is C20H24N2O4S2. The molecule has 1 aliphatic rings. The molecule has 0 radical (unpaired) electrons. The minimum Gasteiger partial charge on any atom is -0.336 e. The molecule has 2 aromatic carbocycles. The van der Waals surface area contributed by atoms with Gasteiger partial charge in [0.15, 0.2) is 0 Å². The van der Waals surface area contributed by atoms with E-state index in [1.807, 2.05) is 19.1 Å². The van der Waals surface area contributed by atoms with Crippen LogP contribution in [0.3, 0.4) is 0 Å². The Morgan fingerprint density at radius 1 is 0.964 bits per heavy atom. The van der Waals surface area contributed by atoms with Gasteiger partial charge in [0.1, 0.15) is 0 Å². The van der Waals surface area contributed by atoms with E-state index in [1.54, 1.807) is 48.4 Å². The zero-order valence-corrected chi connectivity index (χ0v) is 17.8. The number of amides is 1. The lowest BCUT2D eigenvalue weighted by Crippen LogP contribution is -2.50. The van der Waals surface area contributed by atoms with E-state index in [4.69, 9.17) is 0 Å². The molecule has 0 aromatic heterocycles. The maximum atomic E-state index is 13.0. The highest BCUT2D eigenvalue weighted by Gasteiger charge is 2.31. The van der Waals surface area contributed by atoms with Crippen molar-refractivity contribution in [3.8, 4) is 0 Å². The summed E-state index contributed by atoms with van der Waals surface area (Å²) < 4.78 is 38.9. The first-order valence-electron chi connectivity index (χ1n) is 9.00. The SMILES string of the molecule is Cc1ccc(C)c(S(=O)(=O)N2CCN(C(=O)c3ccc([S@@](C)=O)cc3)CC2)c1. The Hall–Kier alpha value is -2.03. The minimum atomic E-state index is -3.58. The summed E-state index contributed by atoms with van der Waals surface area (Å²) >= 11 is 0. The van der Waals surface area contributed by atoms with Crippen LogP contribution in [0.15, 0.2) is 52.3 Å². The van der Waals surface area contributed by atoms with Gasteiger partial charge in [0.2, 0.25) is 10.0 Å². The quantitative estimate of drug-likeness (QED) is 0.760. The van der Waals surface area contributed by atoms with Crippen molar-refractivity contribution in [3.05, 3.63) is 59.2 Å². The van der Waals surface area contributed by atoms with E-state index >= 15 is 0 Å². The molecule has 150 valence electrons. The molecule has 0 aliphatic carbocycles. The molecule has 1 heterocycles. The Labute approximate surface area is 168 Å². The average molecular weight is 421 g/mol. The highest BCUT2D eigenvalue weighted by Crippen LogP contribution is 2.23. The molecule has 3 rings (SSSR count). The van der Waals surface area contributed by atoms with E-state index in [0.717, 1.165) is 11.1 Å². The molecule has 1 atom stereocenters. The van der Waals surface area contributed by atoms with Crippen molar-refractivity contribution < 1.29 is 17.4 Å². The van der Waals surface area contributed by atoms with Crippen molar-refractivity contribution in [2.75, 3.05) is 32.4 Å². The lowest BCUT2D eigenvalue weighted by molar-refractivity contribution is 0.0698. The van der Waals surface area contributed by atoms with Crippen LogP contribution in [-0.2, 0) is 20.8 Å². The topological polar surface area (TPSA) is 74.8 Å². The molecule has 1 amide bonds. The molecule has 0 spiro atoms. The van der Waals surface area contributed by atoms with Crippen molar-refractivity contribution in [2.45, 2.75) is 23.6 Å². The molecule has 2 aromatic rings. The van der Waals surface area contributed by atoms with Gasteiger partial charge >= 0.3 is 0 Å². The molecule has 6 nitrogen and oxygen atoms in total. The standard InChI is InChI=1S/C20H24N2O4S2/c1-15-4-5-16(2)19(14-15)28(25,26)22-12-10-21(11-13-22)20(23)17-6-8-18(9-7-17)27(3)24/h4-9,14H,10-13H2,1-3H3/t27-/m1/s1. The van der Waals surface area contributed by atoms with Gasteiger partial charge in [-0.1, -0.05) is 12.1 Å². The number of carbonyl (C=O) groups is 1. The number of sulfonamides is 1. The van der Waals surface area contributed by atoms with Crippen LogP contribution in [0, 0.1) is 13.8 Å². The predicted octanol–water partition coefficient (Wildman–Crippen LogP) is 2.19. The number of nitrogens with zero attached hydrogens (tertiary/aromatic N) is 2. The second-order valence-electron chi connectivity index (χ2n) is 6.94. The largest absolute Gasteiger partial charge is 0.336 e. The number of carbonyl (C=O) groups excluding carboxylic acids is 1. The molecule has 28 heavy (non-hydrogen) atoms. The summed E-state index contributed by atoms with van der Waals surface area (Å²) in [7, 11) is -4.67. The van der Waals surface area contributed by atoms with E-state index in [2.05, 4.69) is 0 Å². The summed E-state index contributed by atoms with van der Waals surface area (Å²) in [4.78, 5) is 15.3. The van der Waals surface area contributed by atoms with Gasteiger partial charge in [0.25, 0.3) is 5.91 Å². The van der Waals surface area contributed by atoms with Gasteiger partial charge < -0.3 is 4.90 Å². The fraction of sp³-hybridized carbons (Fsp3) is 0.350. The maximum absolute atomic E-state index is 13.0. The normalized spacial score (nSPS) is 16.8. The third-order valence-corrected chi connectivity index (χ3v) is 7.90. The van der Waals surface area contributed by atoms with Crippen molar-refractivity contribution in [3.63, 3.8) is 0 Å². The van der Waals surface area contributed by atoms with Crippen molar-refractivity contribution in [1.82, 2.24) is 9.21 Å². The Morgan fingerprint density at radius 3 is 2.14 bits per heavy atom. The van der Waals surface area contributed by atoms with Crippen LogP contribution in [0.25, 0.3) is 0 Å². The van der Waals surface area contributed by atoms with E-state index in [9.17, 15) is 17.4 Å². The lowest BCUT2D eigenvalue weighted by Gasteiger charge is -2.34. The molecular weight excluding hydrogens is 396 g/mol. The van der Waals surface area contributed by atoms with Crippen LogP contribution in [0.1, 0.15) is 21.5 Å². The second-order valence-corrected chi connectivity index (χ2v) is 10.2. The molecule has 0 bridgehead atoms. The fourth-order valence-corrected chi connectivity index (χ4v) is 5.48. The van der Waals surface area contributed by atoms with Gasteiger partial charge in [-0.2, -0.15) is 4.31 Å². The van der Waals surface area contributed by atoms with E-state index < -0.39 is 20.8 Å². The summed E-state index contributed by atoms with van der Waals surface area (Å²) in [6, 6.07) is 12.1. The second kappa shape index (κ2) is 8.14. The summed E-state index contributed by atoms with van der Waals surface area (Å²) in [6.07, 6.45) is 1.59. The Balaban J connectivity index is 1.70. The minimum absolute atomic E-state index is 0.141. The monoisotopic (exact) mass is 420 g/mol. The molecule has 0 saturated carbocycles. The highest BCUT2D eigenvalue weighted by molar-refractivity contribution is 7.89. The molecule has 1 aliphatic heterocycles. The number of piperazine rings is 1. The van der Waals surface area contributed by atoms with E-state index in [0.29, 0.717) is 28.4 Å². The number of hydrogen-bond donors (Lipinski definition) is 0. The van der Waals surface area contributed by atoms with Gasteiger partial charge in [0.05, 0.1) is 4.90 Å². The van der Waals surface area contributed by atoms with Gasteiger partial charge in [-0.15, -0.1) is 0 Å². The Bertz CT molecular complexity index is 1010. The zero-order valence-electron chi connectivity index (χ0n) is 16.2. The first kappa shape index (κ1) is 20.7. The number of rotatable bonds is 4. The molecule has 0 unspecified atom stereocenters. The van der Waals surface area contributed by atoms with Crippen molar-refractivity contribution in [2.24, 2.45) is 0 Å². The number of aryl methyl sites for hydroxylation is 2. The summed E-state index contributed by atoms with van der Waals surface area (Å²) in [5.41, 5.74) is 2.13. The fourth-order valence-electron chi connectivity index (χ4n) is 3.23. The molecule has 1 saturated heterocycles. The van der Waals surface area contributed by atoms with Crippen LogP contribution in [-0.4, -0.2) is 60.2 Å². The van der Waals surface area contributed by atoms with Crippen LogP contribution < -0.4 is 0 Å². The van der Waals surface area contributed by atoms with Crippen LogP contribution >= 0.6 is 0 Å². The molecule has 1 fully saturated rings. The summed E-state index contributed by atoms with van der Waals surface area (Å²) in [6.45, 7) is 4.86. The van der Waals surface area contributed by atoms with Crippen LogP contribution in [0.2, 0.25) is 0 Å². The molecule has 8 heteroatoms. The highest BCUT2D eigenvalue weighted by atomic mass is 32.2. The summed E-state index contributed by atoms with van der Waals surface area (Å²) in [5, 5.41) is 0. The van der Waals surface area contributed by atoms with E-state index in [-0.39, 0.29) is 19.0 Å². The predicted molar refractivity (Wildman–Crippen MR) is 109 cm³/mol. The van der Waals surface area contributed by atoms with Crippen LogP contribution in [0.5, 0.6) is 0 Å². The van der Waals surface area contributed by atoms with Crippen molar-refractivity contribution in [1.29, 1.82) is 0 Å². The number of benzene rings is 2. The third-order valence-electron chi connectivity index (χ3n) is 4.92.